The Morgan fingerprint density at radius 3 is 3.20 bits per heavy atom. The lowest BCUT2D eigenvalue weighted by molar-refractivity contribution is -0.139. The Labute approximate surface area is 145 Å². The van der Waals surface area contributed by atoms with Gasteiger partial charge in [0.2, 0.25) is 5.91 Å². The summed E-state index contributed by atoms with van der Waals surface area (Å²) in [6.07, 6.45) is 2.35. The molecule has 2 unspecified atom stereocenters. The van der Waals surface area contributed by atoms with Crippen molar-refractivity contribution in [2.75, 3.05) is 26.3 Å². The van der Waals surface area contributed by atoms with E-state index in [-0.39, 0.29) is 11.8 Å². The van der Waals surface area contributed by atoms with Crippen LogP contribution in [0.5, 0.6) is 0 Å². The number of amides is 1. The average molecular weight is 346 g/mol. The number of aromatic nitrogens is 4. The summed E-state index contributed by atoms with van der Waals surface area (Å²) in [6, 6.07) is 3.69. The van der Waals surface area contributed by atoms with E-state index in [9.17, 15) is 4.79 Å². The first-order chi connectivity index (χ1) is 12.2. The van der Waals surface area contributed by atoms with Gasteiger partial charge in [-0.2, -0.15) is 0 Å². The molecular weight excluding hydrogens is 324 g/mol. The van der Waals surface area contributed by atoms with E-state index >= 15 is 0 Å². The van der Waals surface area contributed by atoms with E-state index in [1.165, 1.54) is 0 Å². The number of carbonyl (C=O) groups excluding carboxylic acids is 1. The van der Waals surface area contributed by atoms with Crippen molar-refractivity contribution in [1.29, 1.82) is 0 Å². The number of nitrogens with zero attached hydrogens (tertiary/aromatic N) is 5. The van der Waals surface area contributed by atoms with Crippen LogP contribution >= 0.6 is 0 Å². The van der Waals surface area contributed by atoms with Gasteiger partial charge < -0.3 is 14.5 Å². The van der Waals surface area contributed by atoms with Crippen molar-refractivity contribution in [3.8, 4) is 0 Å². The Morgan fingerprint density at radius 1 is 1.52 bits per heavy atom. The molecule has 2 atom stereocenters. The molecule has 9 nitrogen and oxygen atoms in total. The van der Waals surface area contributed by atoms with E-state index in [4.69, 9.17) is 9.15 Å². The molecule has 2 saturated heterocycles. The number of furan rings is 1. The van der Waals surface area contributed by atoms with Gasteiger partial charge in [-0.3, -0.25) is 9.69 Å². The minimum absolute atomic E-state index is 0.0794. The number of nitrogens with one attached hydrogen (secondary N) is 1. The molecule has 1 N–H and O–H groups in total. The minimum Gasteiger partial charge on any atom is -0.467 e. The topological polar surface area (TPSA) is 98.3 Å². The van der Waals surface area contributed by atoms with E-state index in [0.29, 0.717) is 32.8 Å². The van der Waals surface area contributed by atoms with E-state index in [1.807, 2.05) is 19.2 Å². The molecule has 0 aromatic carbocycles. The number of tetrazole rings is 1. The summed E-state index contributed by atoms with van der Waals surface area (Å²) in [7, 11) is 1.83. The molecule has 2 aromatic heterocycles. The molecule has 0 saturated carbocycles. The lowest BCUT2D eigenvalue weighted by Gasteiger charge is -2.36. The summed E-state index contributed by atoms with van der Waals surface area (Å²) in [5.41, 5.74) is -0.420. The molecule has 2 aliphatic rings. The number of fused-ring (bicyclic) bond motifs is 1. The molecule has 1 amide bonds. The normalized spacial score (nSPS) is 26.5. The lowest BCUT2D eigenvalue weighted by Crippen LogP contribution is -2.50. The quantitative estimate of drug-likeness (QED) is 0.811. The summed E-state index contributed by atoms with van der Waals surface area (Å²) in [5, 5.41) is 14.7. The van der Waals surface area contributed by atoms with Gasteiger partial charge in [0.1, 0.15) is 5.76 Å². The van der Waals surface area contributed by atoms with Crippen LogP contribution in [-0.2, 0) is 29.7 Å². The summed E-state index contributed by atoms with van der Waals surface area (Å²) < 4.78 is 12.6. The van der Waals surface area contributed by atoms with Crippen LogP contribution < -0.4 is 5.32 Å². The van der Waals surface area contributed by atoms with Crippen LogP contribution in [0.1, 0.15) is 18.0 Å². The Hall–Kier alpha value is -2.26. The van der Waals surface area contributed by atoms with Crippen molar-refractivity contribution in [2.45, 2.75) is 19.5 Å². The molecule has 9 heteroatoms. The van der Waals surface area contributed by atoms with Crippen LogP contribution in [0.3, 0.4) is 0 Å². The van der Waals surface area contributed by atoms with Gasteiger partial charge in [-0.25, -0.2) is 4.68 Å². The van der Waals surface area contributed by atoms with Gasteiger partial charge in [0, 0.05) is 32.7 Å². The third-order valence-electron chi connectivity index (χ3n) is 5.31. The van der Waals surface area contributed by atoms with Gasteiger partial charge in [-0.15, -0.1) is 5.10 Å². The Balaban J connectivity index is 1.47. The third-order valence-corrected chi connectivity index (χ3v) is 5.31. The van der Waals surface area contributed by atoms with Crippen LogP contribution in [0.15, 0.2) is 22.8 Å². The fourth-order valence-corrected chi connectivity index (χ4v) is 3.88. The van der Waals surface area contributed by atoms with Gasteiger partial charge in [-0.1, -0.05) is 0 Å². The van der Waals surface area contributed by atoms with Crippen molar-refractivity contribution in [1.82, 2.24) is 30.4 Å². The molecule has 0 aliphatic carbocycles. The molecule has 25 heavy (non-hydrogen) atoms. The standard InChI is InChI=1S/C16H22N6O3/c1-21-14(18-19-20-21)9-22-8-12-10-24-6-4-16(12,11-22)15(23)17-7-13-3-2-5-25-13/h2-3,5,12H,4,6-11H2,1H3,(H,17,23). The molecule has 134 valence electrons. The molecule has 2 aromatic rings. The molecule has 4 heterocycles. The number of rotatable bonds is 5. The fourth-order valence-electron chi connectivity index (χ4n) is 3.88. The van der Waals surface area contributed by atoms with E-state index in [0.717, 1.165) is 24.6 Å². The summed E-state index contributed by atoms with van der Waals surface area (Å²) in [6.45, 7) is 3.77. The Kier molecular flexibility index (Phi) is 4.26. The number of aryl methyl sites for hydroxylation is 1. The summed E-state index contributed by atoms with van der Waals surface area (Å²) >= 11 is 0. The molecule has 0 radical (unpaired) electrons. The lowest BCUT2D eigenvalue weighted by atomic mass is 9.73. The smallest absolute Gasteiger partial charge is 0.228 e. The zero-order chi connectivity index (χ0) is 17.3. The maximum absolute atomic E-state index is 13.0. The van der Waals surface area contributed by atoms with Crippen LogP contribution in [0.4, 0.5) is 0 Å². The SMILES string of the molecule is Cn1nnnc1CN1CC2COCCC2(C(=O)NCc2ccco2)C1. The summed E-state index contributed by atoms with van der Waals surface area (Å²) in [5.74, 6) is 1.81. The maximum Gasteiger partial charge on any atom is 0.228 e. The van der Waals surface area contributed by atoms with Crippen LogP contribution in [0.2, 0.25) is 0 Å². The summed E-state index contributed by atoms with van der Waals surface area (Å²) in [4.78, 5) is 15.3. The van der Waals surface area contributed by atoms with Crippen molar-refractivity contribution < 1.29 is 13.9 Å². The van der Waals surface area contributed by atoms with Gasteiger partial charge in [0.05, 0.1) is 31.4 Å². The van der Waals surface area contributed by atoms with Gasteiger partial charge in [0.25, 0.3) is 0 Å². The monoisotopic (exact) mass is 346 g/mol. The number of carbonyl (C=O) groups is 1. The molecule has 0 spiro atoms. The highest BCUT2D eigenvalue weighted by Gasteiger charge is 2.53. The molecule has 4 rings (SSSR count). The van der Waals surface area contributed by atoms with Crippen molar-refractivity contribution in [3.05, 3.63) is 30.0 Å². The van der Waals surface area contributed by atoms with Gasteiger partial charge in [-0.05, 0) is 29.0 Å². The molecule has 2 aliphatic heterocycles. The highest BCUT2D eigenvalue weighted by atomic mass is 16.5. The Morgan fingerprint density at radius 2 is 2.44 bits per heavy atom. The highest BCUT2D eigenvalue weighted by molar-refractivity contribution is 5.83. The molecule has 2 fully saturated rings. The van der Waals surface area contributed by atoms with Crippen LogP contribution in [0.25, 0.3) is 0 Å². The van der Waals surface area contributed by atoms with E-state index in [2.05, 4.69) is 25.7 Å². The number of ether oxygens (including phenoxy) is 1. The number of hydrogen-bond acceptors (Lipinski definition) is 7. The Bertz CT molecular complexity index is 730. The molecule has 0 bridgehead atoms. The van der Waals surface area contributed by atoms with Crippen LogP contribution in [0, 0.1) is 11.3 Å². The number of likely N-dealkylation sites (tertiary alicyclic amines) is 1. The maximum atomic E-state index is 13.0. The highest BCUT2D eigenvalue weighted by Crippen LogP contribution is 2.42. The first-order valence-electron chi connectivity index (χ1n) is 8.49. The average Bonchev–Trinajstić information content (AvgIpc) is 3.33. The van der Waals surface area contributed by atoms with E-state index in [1.54, 1.807) is 10.9 Å². The van der Waals surface area contributed by atoms with Crippen molar-refractivity contribution >= 4 is 5.91 Å². The van der Waals surface area contributed by atoms with Crippen LogP contribution in [-0.4, -0.2) is 57.3 Å². The number of hydrogen-bond donors (Lipinski definition) is 1. The zero-order valence-corrected chi connectivity index (χ0v) is 14.2. The second-order valence-corrected chi connectivity index (χ2v) is 6.83. The largest absolute Gasteiger partial charge is 0.467 e. The fraction of sp³-hybridized carbons (Fsp3) is 0.625. The van der Waals surface area contributed by atoms with Crippen molar-refractivity contribution in [3.63, 3.8) is 0 Å². The second kappa shape index (κ2) is 6.57. The van der Waals surface area contributed by atoms with Gasteiger partial charge >= 0.3 is 0 Å². The predicted molar refractivity (Wildman–Crippen MR) is 86.0 cm³/mol. The minimum atomic E-state index is -0.420. The van der Waals surface area contributed by atoms with Crippen molar-refractivity contribution in [2.24, 2.45) is 18.4 Å². The first-order valence-corrected chi connectivity index (χ1v) is 8.49. The van der Waals surface area contributed by atoms with Gasteiger partial charge in [0.15, 0.2) is 5.82 Å². The van der Waals surface area contributed by atoms with E-state index < -0.39 is 5.41 Å². The first kappa shape index (κ1) is 16.2. The zero-order valence-electron chi connectivity index (χ0n) is 14.2. The third kappa shape index (κ3) is 3.05. The predicted octanol–water partition coefficient (Wildman–Crippen LogP) is -0.0420. The second-order valence-electron chi connectivity index (χ2n) is 6.83. The molecular formula is C16H22N6O3.